The highest BCUT2D eigenvalue weighted by molar-refractivity contribution is 5.75. The molecular formula is C11H14N4. The second-order valence-electron chi connectivity index (χ2n) is 4.07. The number of hydrogen-bond acceptors (Lipinski definition) is 3. The lowest BCUT2D eigenvalue weighted by Crippen LogP contribution is -2.13. The average molecular weight is 202 g/mol. The molecule has 2 N–H and O–H groups in total. The van der Waals surface area contributed by atoms with Crippen LogP contribution in [0.5, 0.6) is 0 Å². The normalized spacial score (nSPS) is 21.3. The van der Waals surface area contributed by atoms with Crippen molar-refractivity contribution in [2.75, 3.05) is 6.54 Å². The molecule has 0 saturated carbocycles. The van der Waals surface area contributed by atoms with Gasteiger partial charge in [0, 0.05) is 12.2 Å². The summed E-state index contributed by atoms with van der Waals surface area (Å²) < 4.78 is 0. The zero-order chi connectivity index (χ0) is 10.3. The molecule has 1 atom stereocenters. The zero-order valence-corrected chi connectivity index (χ0v) is 8.75. The van der Waals surface area contributed by atoms with Gasteiger partial charge < -0.3 is 10.3 Å². The Morgan fingerprint density at radius 3 is 3.20 bits per heavy atom. The largest absolute Gasteiger partial charge is 0.341 e. The van der Waals surface area contributed by atoms with Gasteiger partial charge in [0.2, 0.25) is 0 Å². The summed E-state index contributed by atoms with van der Waals surface area (Å²) in [6.07, 6.45) is 4.30. The molecule has 0 radical (unpaired) electrons. The summed E-state index contributed by atoms with van der Waals surface area (Å²) >= 11 is 0. The van der Waals surface area contributed by atoms with Gasteiger partial charge in [0.25, 0.3) is 0 Å². The van der Waals surface area contributed by atoms with Crippen LogP contribution in [0.15, 0.2) is 12.3 Å². The third-order valence-electron chi connectivity index (χ3n) is 2.98. The van der Waals surface area contributed by atoms with E-state index in [4.69, 9.17) is 0 Å². The maximum atomic E-state index is 4.35. The molecule has 4 nitrogen and oxygen atoms in total. The Bertz CT molecular complexity index is 482. The van der Waals surface area contributed by atoms with Crippen molar-refractivity contribution in [3.63, 3.8) is 0 Å². The summed E-state index contributed by atoms with van der Waals surface area (Å²) in [7, 11) is 0. The summed E-state index contributed by atoms with van der Waals surface area (Å²) in [5.41, 5.74) is 3.23. The second kappa shape index (κ2) is 3.31. The first-order chi connectivity index (χ1) is 7.34. The van der Waals surface area contributed by atoms with Gasteiger partial charge in [-0.05, 0) is 37.9 Å². The van der Waals surface area contributed by atoms with Gasteiger partial charge in [-0.15, -0.1) is 0 Å². The molecule has 0 bridgehead atoms. The maximum Gasteiger partial charge on any atom is 0.178 e. The minimum Gasteiger partial charge on any atom is -0.341 e. The van der Waals surface area contributed by atoms with Crippen molar-refractivity contribution in [1.82, 2.24) is 20.3 Å². The second-order valence-corrected chi connectivity index (χ2v) is 4.07. The number of fused-ring (bicyclic) bond motifs is 1. The van der Waals surface area contributed by atoms with Gasteiger partial charge in [0.05, 0.1) is 5.52 Å². The molecule has 0 amide bonds. The summed E-state index contributed by atoms with van der Waals surface area (Å²) in [5, 5.41) is 3.50. The first-order valence-corrected chi connectivity index (χ1v) is 5.39. The minimum atomic E-state index is 0.468. The Morgan fingerprint density at radius 2 is 2.40 bits per heavy atom. The topological polar surface area (TPSA) is 53.6 Å². The highest BCUT2D eigenvalue weighted by atomic mass is 15.0. The van der Waals surface area contributed by atoms with Crippen LogP contribution in [0.1, 0.15) is 30.3 Å². The monoisotopic (exact) mass is 202 g/mol. The molecule has 1 aliphatic rings. The molecule has 0 spiro atoms. The van der Waals surface area contributed by atoms with Gasteiger partial charge in [-0.25, -0.2) is 9.97 Å². The Labute approximate surface area is 88.1 Å². The minimum absolute atomic E-state index is 0.468. The fourth-order valence-corrected chi connectivity index (χ4v) is 2.29. The van der Waals surface area contributed by atoms with Crippen molar-refractivity contribution in [3.05, 3.63) is 23.7 Å². The number of pyridine rings is 1. The average Bonchev–Trinajstić information content (AvgIpc) is 2.82. The van der Waals surface area contributed by atoms with Crippen molar-refractivity contribution in [2.24, 2.45) is 0 Å². The molecule has 1 unspecified atom stereocenters. The molecule has 2 aromatic rings. The highest BCUT2D eigenvalue weighted by Gasteiger charge is 2.19. The van der Waals surface area contributed by atoms with Gasteiger partial charge >= 0.3 is 0 Å². The zero-order valence-electron chi connectivity index (χ0n) is 8.75. The van der Waals surface area contributed by atoms with E-state index in [2.05, 4.69) is 26.3 Å². The van der Waals surface area contributed by atoms with E-state index >= 15 is 0 Å². The van der Waals surface area contributed by atoms with E-state index in [0.717, 1.165) is 23.5 Å². The number of imidazole rings is 1. The van der Waals surface area contributed by atoms with Gasteiger partial charge in [0.15, 0.2) is 5.65 Å². The third-order valence-corrected chi connectivity index (χ3v) is 2.98. The number of rotatable bonds is 1. The Morgan fingerprint density at radius 1 is 1.47 bits per heavy atom. The number of aryl methyl sites for hydroxylation is 1. The van der Waals surface area contributed by atoms with Crippen molar-refractivity contribution in [1.29, 1.82) is 0 Å². The Balaban J connectivity index is 2.16. The molecule has 2 aromatic heterocycles. The van der Waals surface area contributed by atoms with Crippen molar-refractivity contribution in [3.8, 4) is 0 Å². The predicted molar refractivity (Wildman–Crippen MR) is 58.6 cm³/mol. The molecule has 1 aliphatic heterocycles. The summed E-state index contributed by atoms with van der Waals surface area (Å²) in [5.74, 6) is 0.933. The van der Waals surface area contributed by atoms with E-state index in [1.807, 2.05) is 13.1 Å². The van der Waals surface area contributed by atoms with Crippen LogP contribution >= 0.6 is 0 Å². The Kier molecular flexibility index (Phi) is 1.95. The van der Waals surface area contributed by atoms with Gasteiger partial charge in [-0.3, -0.25) is 0 Å². The number of hydrogen-bond donors (Lipinski definition) is 2. The molecule has 4 heteroatoms. The van der Waals surface area contributed by atoms with Crippen molar-refractivity contribution in [2.45, 2.75) is 25.8 Å². The molecule has 1 fully saturated rings. The fourth-order valence-electron chi connectivity index (χ4n) is 2.29. The molecule has 0 aliphatic carbocycles. The number of H-pyrrole nitrogens is 1. The van der Waals surface area contributed by atoms with Crippen LogP contribution < -0.4 is 5.32 Å². The van der Waals surface area contributed by atoms with Crippen LogP contribution in [-0.4, -0.2) is 21.5 Å². The molecule has 3 rings (SSSR count). The van der Waals surface area contributed by atoms with E-state index in [1.54, 1.807) is 0 Å². The summed E-state index contributed by atoms with van der Waals surface area (Å²) in [4.78, 5) is 11.9. The Hall–Kier alpha value is -1.42. The van der Waals surface area contributed by atoms with E-state index in [-0.39, 0.29) is 0 Å². The van der Waals surface area contributed by atoms with Crippen LogP contribution in [0.2, 0.25) is 0 Å². The van der Waals surface area contributed by atoms with Crippen LogP contribution in [0.3, 0.4) is 0 Å². The molecule has 3 heterocycles. The maximum absolute atomic E-state index is 4.35. The molecule has 78 valence electrons. The fraction of sp³-hybridized carbons (Fsp3) is 0.455. The molecule has 1 saturated heterocycles. The molecule has 0 aromatic carbocycles. The van der Waals surface area contributed by atoms with Crippen LogP contribution in [0.4, 0.5) is 0 Å². The first-order valence-electron chi connectivity index (χ1n) is 5.39. The summed E-state index contributed by atoms with van der Waals surface area (Å²) in [6, 6.07) is 2.55. The highest BCUT2D eigenvalue weighted by Crippen LogP contribution is 2.27. The number of nitrogens with zero attached hydrogens (tertiary/aromatic N) is 2. The van der Waals surface area contributed by atoms with E-state index in [1.165, 1.54) is 18.4 Å². The van der Waals surface area contributed by atoms with Gasteiger partial charge in [0.1, 0.15) is 5.82 Å². The lowest BCUT2D eigenvalue weighted by Gasteiger charge is -2.10. The third kappa shape index (κ3) is 1.41. The number of nitrogens with one attached hydrogen (secondary N) is 2. The lowest BCUT2D eigenvalue weighted by molar-refractivity contribution is 0.651. The van der Waals surface area contributed by atoms with Gasteiger partial charge in [-0.2, -0.15) is 0 Å². The summed E-state index contributed by atoms with van der Waals surface area (Å²) in [6.45, 7) is 3.08. The van der Waals surface area contributed by atoms with E-state index in [9.17, 15) is 0 Å². The van der Waals surface area contributed by atoms with E-state index < -0.39 is 0 Å². The quantitative estimate of drug-likeness (QED) is 0.740. The van der Waals surface area contributed by atoms with Crippen molar-refractivity contribution >= 4 is 11.2 Å². The SMILES string of the molecule is Cc1nc2nccc(C3CCCN3)c2[nH]1. The standard InChI is InChI=1S/C11H14N4/c1-7-14-10-8(9-3-2-5-12-9)4-6-13-11(10)15-7/h4,6,9,12H,2-3,5H2,1H3,(H,13,14,15). The van der Waals surface area contributed by atoms with Crippen LogP contribution in [-0.2, 0) is 0 Å². The van der Waals surface area contributed by atoms with E-state index in [0.29, 0.717) is 6.04 Å². The molecule has 15 heavy (non-hydrogen) atoms. The first kappa shape index (κ1) is 8.85. The molecular weight excluding hydrogens is 188 g/mol. The number of aromatic nitrogens is 3. The lowest BCUT2D eigenvalue weighted by atomic mass is 10.1. The van der Waals surface area contributed by atoms with Gasteiger partial charge in [-0.1, -0.05) is 0 Å². The predicted octanol–water partition coefficient (Wildman–Crippen LogP) is 1.69. The van der Waals surface area contributed by atoms with Crippen molar-refractivity contribution < 1.29 is 0 Å². The van der Waals surface area contributed by atoms with Crippen LogP contribution in [0, 0.1) is 6.92 Å². The van der Waals surface area contributed by atoms with Crippen LogP contribution in [0.25, 0.3) is 11.2 Å². The smallest absolute Gasteiger partial charge is 0.178 e. The number of aromatic amines is 1.